The predicted molar refractivity (Wildman–Crippen MR) is 47.1 cm³/mol. The number of unbranched alkanes of at least 4 members (excludes halogenated alkanes) is 1. The molecule has 0 rings (SSSR count). The van der Waals surface area contributed by atoms with Crippen LogP contribution in [0.5, 0.6) is 0 Å². The van der Waals surface area contributed by atoms with E-state index >= 15 is 0 Å². The van der Waals surface area contributed by atoms with Gasteiger partial charge in [0, 0.05) is 7.11 Å². The van der Waals surface area contributed by atoms with Gasteiger partial charge in [-0.2, -0.15) is 0 Å². The van der Waals surface area contributed by atoms with Crippen LogP contribution in [0.1, 0.15) is 26.7 Å². The summed E-state index contributed by atoms with van der Waals surface area (Å²) in [4.78, 5) is 0. The first kappa shape index (κ1) is 12.1. The lowest BCUT2D eigenvalue weighted by Crippen LogP contribution is -1.98. The third-order valence-corrected chi connectivity index (χ3v) is 2.78. The van der Waals surface area contributed by atoms with Crippen LogP contribution in [0.2, 0.25) is 0 Å². The lowest BCUT2D eigenvalue weighted by molar-refractivity contribution is 0.135. The molecule has 0 aliphatic carbocycles. The summed E-state index contributed by atoms with van der Waals surface area (Å²) < 4.78 is 25.8. The van der Waals surface area contributed by atoms with Crippen LogP contribution in [0.4, 0.5) is 0 Å². The summed E-state index contributed by atoms with van der Waals surface area (Å²) in [7, 11) is -1.91. The number of phosphoric ester groups is 1. The molecule has 12 heavy (non-hydrogen) atoms. The van der Waals surface area contributed by atoms with Gasteiger partial charge in [0.25, 0.3) is 0 Å². The van der Waals surface area contributed by atoms with Gasteiger partial charge in [-0.15, -0.1) is 0 Å². The van der Waals surface area contributed by atoms with Crippen molar-refractivity contribution in [1.82, 2.24) is 0 Å². The summed E-state index contributed by atoms with van der Waals surface area (Å²) in [6.45, 7) is 4.52. The van der Waals surface area contributed by atoms with Crippen molar-refractivity contribution < 1.29 is 18.1 Å². The van der Waals surface area contributed by atoms with Gasteiger partial charge in [0.2, 0.25) is 0 Å². The van der Waals surface area contributed by atoms with E-state index in [2.05, 4.69) is 4.52 Å². The monoisotopic (exact) mass is 196 g/mol. The van der Waals surface area contributed by atoms with Crippen LogP contribution in [-0.2, 0) is 18.1 Å². The molecule has 0 spiro atoms. The van der Waals surface area contributed by atoms with E-state index in [0.717, 1.165) is 12.8 Å². The van der Waals surface area contributed by atoms with Crippen LogP contribution in [-0.4, -0.2) is 20.3 Å². The van der Waals surface area contributed by atoms with Gasteiger partial charge < -0.3 is 0 Å². The Kier molecular flexibility index (Phi) is 6.67. The minimum Gasteiger partial charge on any atom is -0.290 e. The molecule has 1 atom stereocenters. The van der Waals surface area contributed by atoms with Gasteiger partial charge in [0.15, 0.2) is 0 Å². The van der Waals surface area contributed by atoms with Crippen LogP contribution in [0, 0.1) is 0 Å². The molecule has 1 unspecified atom stereocenters. The minimum absolute atomic E-state index is 0.331. The molecule has 0 saturated heterocycles. The Morgan fingerprint density at radius 1 is 1.25 bits per heavy atom. The highest BCUT2D eigenvalue weighted by molar-refractivity contribution is 7.48. The van der Waals surface area contributed by atoms with E-state index in [-0.39, 0.29) is 0 Å². The molecule has 0 aliphatic heterocycles. The van der Waals surface area contributed by atoms with Crippen molar-refractivity contribution in [3.63, 3.8) is 0 Å². The average Bonchev–Trinajstić information content (AvgIpc) is 2.06. The van der Waals surface area contributed by atoms with Crippen LogP contribution in [0.25, 0.3) is 0 Å². The molecule has 74 valence electrons. The Bertz CT molecular complexity index is 148. The first-order valence-electron chi connectivity index (χ1n) is 4.13. The maximum absolute atomic E-state index is 11.4. The maximum atomic E-state index is 11.4. The van der Waals surface area contributed by atoms with E-state index in [9.17, 15) is 4.57 Å². The molecule has 0 bridgehead atoms. The highest BCUT2D eigenvalue weighted by atomic mass is 31.2. The fraction of sp³-hybridized carbons (Fsp3) is 1.00. The molecule has 0 fully saturated rings. The smallest absolute Gasteiger partial charge is 0.290 e. The Morgan fingerprint density at radius 3 is 2.33 bits per heavy atom. The number of rotatable bonds is 7. The fourth-order valence-corrected chi connectivity index (χ4v) is 1.58. The van der Waals surface area contributed by atoms with E-state index in [0.29, 0.717) is 13.2 Å². The molecule has 0 aliphatic rings. The Morgan fingerprint density at radius 2 is 1.92 bits per heavy atom. The molecular weight excluding hydrogens is 179 g/mol. The van der Waals surface area contributed by atoms with Crippen molar-refractivity contribution in [2.24, 2.45) is 0 Å². The molecule has 4 nitrogen and oxygen atoms in total. The highest BCUT2D eigenvalue weighted by Gasteiger charge is 2.22. The number of hydrogen-bond donors (Lipinski definition) is 0. The lowest BCUT2D eigenvalue weighted by atomic mass is 10.4. The summed E-state index contributed by atoms with van der Waals surface area (Å²) in [5, 5.41) is 0. The van der Waals surface area contributed by atoms with Crippen molar-refractivity contribution in [2.75, 3.05) is 20.3 Å². The fourth-order valence-electron chi connectivity index (χ4n) is 0.621. The Hall–Kier alpha value is 0.110. The summed E-state index contributed by atoms with van der Waals surface area (Å²) in [5.74, 6) is 0. The molecule has 0 aromatic heterocycles. The molecule has 5 heteroatoms. The third-order valence-electron chi connectivity index (χ3n) is 1.26. The highest BCUT2D eigenvalue weighted by Crippen LogP contribution is 2.48. The first-order valence-corrected chi connectivity index (χ1v) is 5.59. The van der Waals surface area contributed by atoms with Gasteiger partial charge in [0.05, 0.1) is 13.2 Å². The molecule has 0 heterocycles. The van der Waals surface area contributed by atoms with Gasteiger partial charge >= 0.3 is 7.82 Å². The van der Waals surface area contributed by atoms with Crippen molar-refractivity contribution in [3.8, 4) is 0 Å². The Balaban J connectivity index is 3.72. The van der Waals surface area contributed by atoms with Crippen molar-refractivity contribution in [2.45, 2.75) is 26.7 Å². The molecule has 0 amide bonds. The molecule has 0 N–H and O–H groups in total. The molecule has 0 radical (unpaired) electrons. The van der Waals surface area contributed by atoms with Crippen LogP contribution >= 0.6 is 7.82 Å². The van der Waals surface area contributed by atoms with E-state index < -0.39 is 7.82 Å². The topological polar surface area (TPSA) is 44.8 Å². The van der Waals surface area contributed by atoms with Gasteiger partial charge in [-0.05, 0) is 13.3 Å². The largest absolute Gasteiger partial charge is 0.474 e. The van der Waals surface area contributed by atoms with Gasteiger partial charge in [-0.25, -0.2) is 4.57 Å². The van der Waals surface area contributed by atoms with Crippen molar-refractivity contribution in [1.29, 1.82) is 0 Å². The summed E-state index contributed by atoms with van der Waals surface area (Å²) >= 11 is 0. The second kappa shape index (κ2) is 6.61. The summed E-state index contributed by atoms with van der Waals surface area (Å²) in [5.41, 5.74) is 0. The maximum Gasteiger partial charge on any atom is 0.474 e. The van der Waals surface area contributed by atoms with Crippen molar-refractivity contribution >= 4 is 7.82 Å². The second-order valence-electron chi connectivity index (χ2n) is 2.23. The SMILES string of the molecule is CCCCOP(=O)(OC)OCC. The number of hydrogen-bond acceptors (Lipinski definition) is 4. The van der Waals surface area contributed by atoms with E-state index in [4.69, 9.17) is 9.05 Å². The van der Waals surface area contributed by atoms with Crippen molar-refractivity contribution in [3.05, 3.63) is 0 Å². The van der Waals surface area contributed by atoms with Gasteiger partial charge in [0.1, 0.15) is 0 Å². The molecule has 0 saturated carbocycles. The molecular formula is C7H17O4P. The quantitative estimate of drug-likeness (QED) is 0.463. The van der Waals surface area contributed by atoms with Gasteiger partial charge in [-0.3, -0.25) is 13.6 Å². The van der Waals surface area contributed by atoms with Gasteiger partial charge in [-0.1, -0.05) is 13.3 Å². The van der Waals surface area contributed by atoms with Crippen LogP contribution < -0.4 is 0 Å². The van der Waals surface area contributed by atoms with E-state index in [1.165, 1.54) is 7.11 Å². The average molecular weight is 196 g/mol. The van der Waals surface area contributed by atoms with E-state index in [1.807, 2.05) is 6.92 Å². The first-order chi connectivity index (χ1) is 5.68. The van der Waals surface area contributed by atoms with Crippen LogP contribution in [0.15, 0.2) is 0 Å². The standard InChI is InChI=1S/C7H17O4P/c1-4-6-7-11-12(8,9-3)10-5-2/h4-7H2,1-3H3. The normalized spacial score (nSPS) is 15.9. The zero-order valence-electron chi connectivity index (χ0n) is 7.91. The summed E-state index contributed by atoms with van der Waals surface area (Å²) in [6, 6.07) is 0. The predicted octanol–water partition coefficient (Wildman–Crippen LogP) is 2.59. The molecule has 0 aromatic rings. The zero-order valence-corrected chi connectivity index (χ0v) is 8.80. The zero-order chi connectivity index (χ0) is 9.45. The lowest BCUT2D eigenvalue weighted by Gasteiger charge is -2.14. The third kappa shape index (κ3) is 4.88. The number of phosphoric acid groups is 1. The minimum atomic E-state index is -3.23. The Labute approximate surface area is 73.8 Å². The second-order valence-corrected chi connectivity index (χ2v) is 4.01. The van der Waals surface area contributed by atoms with Crippen LogP contribution in [0.3, 0.4) is 0 Å². The summed E-state index contributed by atoms with van der Waals surface area (Å²) in [6.07, 6.45) is 1.86. The van der Waals surface area contributed by atoms with E-state index in [1.54, 1.807) is 6.92 Å². The molecule has 0 aromatic carbocycles.